The molecule has 0 radical (unpaired) electrons. The van der Waals surface area contributed by atoms with E-state index in [1.165, 1.54) is 0 Å². The predicted octanol–water partition coefficient (Wildman–Crippen LogP) is 7.64. The molecule has 14 nitrogen and oxygen atoms in total. The van der Waals surface area contributed by atoms with Gasteiger partial charge in [0.1, 0.15) is 17.2 Å². The Kier molecular flexibility index (Phi) is 12.7. The maximum Gasteiger partial charge on any atom is 0.437 e. The molecule has 0 saturated carbocycles. The molecule has 1 aliphatic heterocycles. The molecule has 0 aliphatic carbocycles. The van der Waals surface area contributed by atoms with Crippen LogP contribution in [0.15, 0.2) is 101 Å². The smallest absolute Gasteiger partial charge is 0.437 e. The van der Waals surface area contributed by atoms with E-state index < -0.39 is 41.2 Å². The van der Waals surface area contributed by atoms with Gasteiger partial charge in [-0.05, 0) is 94.3 Å². The third kappa shape index (κ3) is 11.3. The number of anilines is 1. The SMILES string of the molecule is CC(C)(C)OC(=O)N=C(NC(=O)OC(C)(C)C)N1CCN(C(=O)[C@H](Cc2c[nH]c3ccccc23)NC(=O)c2cc(Br)ccc2NC(=O)c2ccc3ccccc3c2)CC1. The molecular weight excluding hydrogens is 818 g/mol. The second kappa shape index (κ2) is 17.7. The van der Waals surface area contributed by atoms with Gasteiger partial charge in [-0.25, -0.2) is 9.59 Å². The van der Waals surface area contributed by atoms with E-state index in [9.17, 15) is 24.0 Å². The molecule has 4 aromatic carbocycles. The standard InChI is InChI=1S/C44H48BrN7O7/c1-43(2,3)58-41(56)49-40(50-42(57)59-44(4,5)6)52-21-19-51(20-22-52)39(55)36(24-30-26-46-34-14-10-9-13-32(30)34)48-38(54)33-25-31(45)17-18-35(33)47-37(53)29-16-15-27-11-7-8-12-28(27)23-29/h7-18,23,25-26,36,46H,19-22,24H2,1-6H3,(H,47,53)(H,48,54)(H,49,50,56,57)/t36-/m0/s1. The van der Waals surface area contributed by atoms with Crippen LogP contribution in [0.5, 0.6) is 0 Å². The fourth-order valence-electron chi connectivity index (χ4n) is 6.60. The molecule has 0 bridgehead atoms. The molecular formula is C44H48BrN7O7. The summed E-state index contributed by atoms with van der Waals surface area (Å²) in [5.41, 5.74) is 0.919. The Morgan fingerprint density at radius 3 is 2.15 bits per heavy atom. The maximum absolute atomic E-state index is 14.5. The average molecular weight is 867 g/mol. The van der Waals surface area contributed by atoms with Crippen molar-refractivity contribution >= 4 is 79.2 Å². The average Bonchev–Trinajstić information content (AvgIpc) is 3.58. The number of aromatic nitrogens is 1. The van der Waals surface area contributed by atoms with Gasteiger partial charge in [-0.2, -0.15) is 0 Å². The summed E-state index contributed by atoms with van der Waals surface area (Å²) in [4.78, 5) is 78.4. The van der Waals surface area contributed by atoms with E-state index >= 15 is 0 Å². The number of rotatable bonds is 7. The highest BCUT2D eigenvalue weighted by Crippen LogP contribution is 2.25. The van der Waals surface area contributed by atoms with Crippen molar-refractivity contribution in [1.82, 2.24) is 25.4 Å². The first-order valence-corrected chi connectivity index (χ1v) is 20.0. The maximum atomic E-state index is 14.5. The van der Waals surface area contributed by atoms with Gasteiger partial charge in [0.05, 0.1) is 11.3 Å². The van der Waals surface area contributed by atoms with Crippen molar-refractivity contribution in [1.29, 1.82) is 0 Å². The number of ether oxygens (including phenoxy) is 2. The lowest BCUT2D eigenvalue weighted by atomic mass is 10.0. The number of guanidine groups is 1. The number of halogens is 1. The van der Waals surface area contributed by atoms with Crippen molar-refractivity contribution < 1.29 is 33.4 Å². The lowest BCUT2D eigenvalue weighted by Gasteiger charge is -2.37. The van der Waals surface area contributed by atoms with Crippen LogP contribution < -0.4 is 16.0 Å². The summed E-state index contributed by atoms with van der Waals surface area (Å²) in [6.45, 7) is 11.0. The van der Waals surface area contributed by atoms with Crippen LogP contribution in [0.25, 0.3) is 21.7 Å². The number of para-hydroxylation sites is 1. The topological polar surface area (TPSA) is 175 Å². The Morgan fingerprint density at radius 1 is 0.780 bits per heavy atom. The van der Waals surface area contributed by atoms with Crippen LogP contribution in [0.3, 0.4) is 0 Å². The van der Waals surface area contributed by atoms with Crippen LogP contribution in [-0.4, -0.2) is 94.1 Å². The molecule has 0 spiro atoms. The van der Waals surface area contributed by atoms with Gasteiger partial charge >= 0.3 is 12.2 Å². The highest BCUT2D eigenvalue weighted by molar-refractivity contribution is 9.10. The number of hydrogen-bond acceptors (Lipinski definition) is 7. The van der Waals surface area contributed by atoms with Crippen molar-refractivity contribution in [2.24, 2.45) is 4.99 Å². The fourth-order valence-corrected chi connectivity index (χ4v) is 6.96. The van der Waals surface area contributed by atoms with Gasteiger partial charge in [-0.1, -0.05) is 64.5 Å². The number of fused-ring (bicyclic) bond motifs is 2. The Morgan fingerprint density at radius 2 is 1.44 bits per heavy atom. The molecule has 1 atom stereocenters. The first-order valence-electron chi connectivity index (χ1n) is 19.2. The van der Waals surface area contributed by atoms with Crippen LogP contribution in [0, 0.1) is 0 Å². The van der Waals surface area contributed by atoms with E-state index in [2.05, 4.69) is 41.9 Å². The number of carbonyl (C=O) groups excluding carboxylic acids is 5. The van der Waals surface area contributed by atoms with Crippen LogP contribution in [-0.2, 0) is 20.7 Å². The minimum atomic E-state index is -1.02. The molecule has 1 aromatic heterocycles. The van der Waals surface area contributed by atoms with E-state index in [-0.39, 0.29) is 55.7 Å². The second-order valence-corrected chi connectivity index (χ2v) is 17.1. The van der Waals surface area contributed by atoms with Gasteiger partial charge in [-0.15, -0.1) is 4.99 Å². The molecule has 0 unspecified atom stereocenters. The number of hydrogen-bond donors (Lipinski definition) is 4. The molecule has 2 heterocycles. The van der Waals surface area contributed by atoms with Gasteiger partial charge in [0.2, 0.25) is 11.9 Å². The third-order valence-corrected chi connectivity index (χ3v) is 9.78. The summed E-state index contributed by atoms with van der Waals surface area (Å²) < 4.78 is 11.4. The quantitative estimate of drug-likeness (QED) is 0.0954. The highest BCUT2D eigenvalue weighted by atomic mass is 79.9. The molecule has 5 aromatic rings. The van der Waals surface area contributed by atoms with Crippen LogP contribution >= 0.6 is 15.9 Å². The van der Waals surface area contributed by atoms with Gasteiger partial charge in [-0.3, -0.25) is 19.7 Å². The van der Waals surface area contributed by atoms with E-state index in [1.54, 1.807) is 81.7 Å². The Labute approximate surface area is 350 Å². The van der Waals surface area contributed by atoms with Crippen molar-refractivity contribution in [2.45, 2.75) is 65.2 Å². The number of nitrogens with one attached hydrogen (secondary N) is 4. The van der Waals surface area contributed by atoms with Crippen LogP contribution in [0.1, 0.15) is 67.8 Å². The molecule has 1 fully saturated rings. The fraction of sp³-hybridized carbons (Fsp3) is 0.318. The zero-order valence-electron chi connectivity index (χ0n) is 33.9. The van der Waals surface area contributed by atoms with Gasteiger partial charge in [0.25, 0.3) is 11.8 Å². The van der Waals surface area contributed by atoms with E-state index in [4.69, 9.17) is 9.47 Å². The summed E-state index contributed by atoms with van der Waals surface area (Å²) in [7, 11) is 0. The Balaban J connectivity index is 1.23. The van der Waals surface area contributed by atoms with Crippen LogP contribution in [0.2, 0.25) is 0 Å². The second-order valence-electron chi connectivity index (χ2n) is 16.2. The number of aromatic amines is 1. The molecule has 6 rings (SSSR count). The largest absolute Gasteiger partial charge is 0.444 e. The number of alkyl carbamates (subject to hydrolysis) is 1. The van der Waals surface area contributed by atoms with Gasteiger partial charge in [0, 0.05) is 59.7 Å². The number of nitrogens with zero attached hydrogens (tertiary/aromatic N) is 3. The number of amides is 5. The molecule has 4 N–H and O–H groups in total. The normalized spacial score (nSPS) is 14.1. The number of carbonyl (C=O) groups is 5. The summed E-state index contributed by atoms with van der Waals surface area (Å²) in [5, 5.41) is 11.3. The van der Waals surface area contributed by atoms with Gasteiger partial charge in [0.15, 0.2) is 0 Å². The predicted molar refractivity (Wildman–Crippen MR) is 230 cm³/mol. The highest BCUT2D eigenvalue weighted by Gasteiger charge is 2.33. The number of piperazine rings is 1. The minimum absolute atomic E-state index is 0.0721. The summed E-state index contributed by atoms with van der Waals surface area (Å²) in [6.07, 6.45) is 0.280. The van der Waals surface area contributed by atoms with E-state index in [0.29, 0.717) is 10.0 Å². The van der Waals surface area contributed by atoms with Crippen molar-refractivity contribution in [3.05, 3.63) is 112 Å². The summed E-state index contributed by atoms with van der Waals surface area (Å²) in [5.74, 6) is -1.37. The van der Waals surface area contributed by atoms with Crippen molar-refractivity contribution in [2.75, 3.05) is 31.5 Å². The van der Waals surface area contributed by atoms with E-state index in [0.717, 1.165) is 27.2 Å². The third-order valence-electron chi connectivity index (χ3n) is 9.28. The minimum Gasteiger partial charge on any atom is -0.444 e. The zero-order chi connectivity index (χ0) is 42.5. The van der Waals surface area contributed by atoms with Crippen LogP contribution in [0.4, 0.5) is 15.3 Å². The van der Waals surface area contributed by atoms with Crippen molar-refractivity contribution in [3.63, 3.8) is 0 Å². The molecule has 1 saturated heterocycles. The zero-order valence-corrected chi connectivity index (χ0v) is 35.4. The number of aliphatic imine (C=N–C) groups is 1. The number of H-pyrrole nitrogens is 1. The summed E-state index contributed by atoms with van der Waals surface area (Å²) >= 11 is 3.46. The first-order chi connectivity index (χ1) is 27.9. The molecule has 5 amide bonds. The Hall–Kier alpha value is -6.22. The van der Waals surface area contributed by atoms with Gasteiger partial charge < -0.3 is 34.9 Å². The summed E-state index contributed by atoms with van der Waals surface area (Å²) in [6, 6.07) is 24.7. The lowest BCUT2D eigenvalue weighted by molar-refractivity contribution is -0.134. The molecule has 15 heteroatoms. The number of benzene rings is 4. The van der Waals surface area contributed by atoms with Crippen molar-refractivity contribution in [3.8, 4) is 0 Å². The van der Waals surface area contributed by atoms with E-state index in [1.807, 2.05) is 60.8 Å². The molecule has 308 valence electrons. The first kappa shape index (κ1) is 42.4. The molecule has 1 aliphatic rings. The lowest BCUT2D eigenvalue weighted by Crippen LogP contribution is -2.58. The molecule has 59 heavy (non-hydrogen) atoms. The monoisotopic (exact) mass is 865 g/mol. The Bertz CT molecular complexity index is 2420.